The molecule has 2 rings (SSSR count). The van der Waals surface area contributed by atoms with E-state index in [0.29, 0.717) is 16.7 Å². The largest absolute Gasteiger partial charge is 0.488 e. The van der Waals surface area contributed by atoms with Gasteiger partial charge in [-0.3, -0.25) is 0 Å². The molecule has 0 fully saturated rings. The van der Waals surface area contributed by atoms with Crippen molar-refractivity contribution in [2.75, 3.05) is 12.4 Å². The number of benzene rings is 2. The summed E-state index contributed by atoms with van der Waals surface area (Å²) in [6, 6.07) is 8.94. The number of amides is 3. The van der Waals surface area contributed by atoms with E-state index in [0.717, 1.165) is 11.1 Å². The minimum Gasteiger partial charge on any atom is -0.444 e. The third-order valence-electron chi connectivity index (χ3n) is 5.48. The molecule has 0 spiro atoms. The van der Waals surface area contributed by atoms with Crippen molar-refractivity contribution in [1.29, 1.82) is 0 Å². The van der Waals surface area contributed by atoms with E-state index in [-0.39, 0.29) is 18.0 Å². The van der Waals surface area contributed by atoms with Gasteiger partial charge in [0.05, 0.1) is 10.1 Å². The molecule has 202 valence electrons. The fourth-order valence-electron chi connectivity index (χ4n) is 3.41. The molecule has 0 aliphatic rings. The van der Waals surface area contributed by atoms with Gasteiger partial charge in [0.25, 0.3) is 0 Å². The molecule has 0 radical (unpaired) electrons. The Morgan fingerprint density at radius 2 is 1.73 bits per heavy atom. The van der Waals surface area contributed by atoms with Crippen LogP contribution in [-0.4, -0.2) is 60.5 Å². The zero-order chi connectivity index (χ0) is 28.1. The average Bonchev–Trinajstić information content (AvgIpc) is 2.77. The highest BCUT2D eigenvalue weighted by molar-refractivity contribution is 7.92. The number of carbonyl (C=O) groups excluding carboxylic acids is 2. The predicted octanol–water partition coefficient (Wildman–Crippen LogP) is 2.55. The molecule has 0 saturated carbocycles. The van der Waals surface area contributed by atoms with Gasteiger partial charge in [-0.2, -0.15) is 0 Å². The summed E-state index contributed by atoms with van der Waals surface area (Å²) < 4.78 is 31.0. The Hall–Kier alpha value is -3.09. The number of aryl methyl sites for hydroxylation is 1. The second kappa shape index (κ2) is 12.0. The van der Waals surface area contributed by atoms with Crippen LogP contribution in [0.1, 0.15) is 51.3 Å². The molecule has 0 bridgehead atoms. The van der Waals surface area contributed by atoms with Crippen molar-refractivity contribution in [2.24, 2.45) is 0 Å². The molecule has 10 nitrogen and oxygen atoms in total. The van der Waals surface area contributed by atoms with Crippen LogP contribution in [0.2, 0.25) is 0 Å². The molecule has 0 aliphatic heterocycles. The van der Waals surface area contributed by atoms with Crippen LogP contribution in [0.15, 0.2) is 41.3 Å². The van der Waals surface area contributed by atoms with E-state index in [4.69, 9.17) is 4.74 Å². The molecule has 0 aromatic heterocycles. The normalized spacial score (nSPS) is 11.7. The van der Waals surface area contributed by atoms with Gasteiger partial charge in [-0.05, 0) is 81.9 Å². The third-order valence-corrected chi connectivity index (χ3v) is 7.73. The monoisotopic (exact) mass is 533 g/mol. The number of anilines is 1. The predicted molar refractivity (Wildman–Crippen MR) is 143 cm³/mol. The highest BCUT2D eigenvalue weighted by Crippen LogP contribution is 2.25. The first-order valence-electron chi connectivity index (χ1n) is 11.8. The lowest BCUT2D eigenvalue weighted by molar-refractivity contribution is 0.0523. The number of hydrogen-bond donors (Lipinski definition) is 4. The highest BCUT2D eigenvalue weighted by atomic mass is 32.2. The van der Waals surface area contributed by atoms with Crippen molar-refractivity contribution in [3.8, 4) is 0 Å². The maximum atomic E-state index is 12.9. The lowest BCUT2D eigenvalue weighted by atomic mass is 9.79. The molecular weight excluding hydrogens is 497 g/mol. The quantitative estimate of drug-likeness (QED) is 0.382. The first kappa shape index (κ1) is 30.1. The first-order chi connectivity index (χ1) is 17.0. The van der Waals surface area contributed by atoms with Gasteiger partial charge >= 0.3 is 19.2 Å². The van der Waals surface area contributed by atoms with E-state index < -0.39 is 39.9 Å². The second-order valence-corrected chi connectivity index (χ2v) is 12.6. The number of urea groups is 1. The van der Waals surface area contributed by atoms with E-state index in [1.165, 1.54) is 23.1 Å². The van der Waals surface area contributed by atoms with Gasteiger partial charge in [0.15, 0.2) is 9.84 Å². The van der Waals surface area contributed by atoms with Crippen LogP contribution in [0.3, 0.4) is 0 Å². The van der Waals surface area contributed by atoms with Crippen LogP contribution >= 0.6 is 0 Å². The van der Waals surface area contributed by atoms with Crippen molar-refractivity contribution in [3.63, 3.8) is 0 Å². The first-order valence-corrected chi connectivity index (χ1v) is 13.4. The Morgan fingerprint density at radius 1 is 1.08 bits per heavy atom. The van der Waals surface area contributed by atoms with Gasteiger partial charge in [0.2, 0.25) is 0 Å². The van der Waals surface area contributed by atoms with E-state index in [9.17, 15) is 28.1 Å². The molecule has 0 saturated heterocycles. The molecule has 2 aromatic carbocycles. The third kappa shape index (κ3) is 8.48. The number of rotatable bonds is 8. The molecule has 3 amide bonds. The van der Waals surface area contributed by atoms with E-state index in [1.807, 2.05) is 6.92 Å². The minimum atomic E-state index is -3.66. The fraction of sp³-hybridized carbons (Fsp3) is 0.440. The summed E-state index contributed by atoms with van der Waals surface area (Å²) in [4.78, 5) is 26.5. The summed E-state index contributed by atoms with van der Waals surface area (Å²) in [7, 11) is -3.63. The van der Waals surface area contributed by atoms with Gasteiger partial charge in [-0.25, -0.2) is 18.0 Å². The van der Waals surface area contributed by atoms with Crippen LogP contribution < -0.4 is 16.1 Å². The van der Waals surface area contributed by atoms with Crippen molar-refractivity contribution < 1.29 is 32.8 Å². The molecule has 37 heavy (non-hydrogen) atoms. The topological polar surface area (TPSA) is 145 Å². The number of hydrogen-bond acceptors (Lipinski definition) is 7. The van der Waals surface area contributed by atoms with Gasteiger partial charge in [0, 0.05) is 25.8 Å². The summed E-state index contributed by atoms with van der Waals surface area (Å²) in [5.74, 6) is 0. The van der Waals surface area contributed by atoms with E-state index in [1.54, 1.807) is 59.9 Å². The SMILES string of the molecule is Cc1cc(B(O)O)ccc1CN(C)C(=O)Nc1ccc(S(=O)(=O)C(C)C)c(CNC(=O)OC(C)(C)C)c1. The van der Waals surface area contributed by atoms with Crippen LogP contribution in [0.25, 0.3) is 0 Å². The number of nitrogens with zero attached hydrogens (tertiary/aromatic N) is 1. The number of nitrogens with one attached hydrogen (secondary N) is 2. The number of ether oxygens (including phenoxy) is 1. The van der Waals surface area contributed by atoms with E-state index in [2.05, 4.69) is 10.6 Å². The average molecular weight is 533 g/mol. The Morgan fingerprint density at radius 3 is 2.27 bits per heavy atom. The Labute approximate surface area is 219 Å². The maximum absolute atomic E-state index is 12.9. The zero-order valence-corrected chi connectivity index (χ0v) is 23.1. The molecule has 4 N–H and O–H groups in total. The Balaban J connectivity index is 2.23. The van der Waals surface area contributed by atoms with Crippen LogP contribution in [0.4, 0.5) is 15.3 Å². The van der Waals surface area contributed by atoms with Crippen LogP contribution in [-0.2, 0) is 27.7 Å². The lowest BCUT2D eigenvalue weighted by Crippen LogP contribution is -2.33. The number of sulfone groups is 1. The zero-order valence-electron chi connectivity index (χ0n) is 22.3. The smallest absolute Gasteiger partial charge is 0.444 e. The molecule has 0 unspecified atom stereocenters. The van der Waals surface area contributed by atoms with Gasteiger partial charge in [-0.1, -0.05) is 18.2 Å². The fourth-order valence-corrected chi connectivity index (χ4v) is 4.67. The maximum Gasteiger partial charge on any atom is 0.488 e. The molecule has 0 heterocycles. The van der Waals surface area contributed by atoms with Crippen LogP contribution in [0.5, 0.6) is 0 Å². The summed E-state index contributed by atoms with van der Waals surface area (Å²) in [6.45, 7) is 10.3. The Kier molecular flexibility index (Phi) is 9.75. The number of alkyl carbamates (subject to hydrolysis) is 1. The molecular formula is C25H36BN3O7S. The second-order valence-electron chi connectivity index (χ2n) is 10.1. The van der Waals surface area contributed by atoms with Gasteiger partial charge in [-0.15, -0.1) is 0 Å². The molecule has 2 aromatic rings. The van der Waals surface area contributed by atoms with Crippen molar-refractivity contribution in [3.05, 3.63) is 53.1 Å². The van der Waals surface area contributed by atoms with Crippen molar-refractivity contribution in [2.45, 2.75) is 70.4 Å². The standard InChI is InChI=1S/C25H36BN3O7S/c1-16(2)37(34,35)22-11-10-21(13-19(22)14-27-24(31)36-25(4,5)6)28-23(30)29(7)15-18-8-9-20(26(32)33)12-17(18)3/h8-13,16,32-33H,14-15H2,1-7H3,(H,27,31)(H,28,30). The summed E-state index contributed by atoms with van der Waals surface area (Å²) >= 11 is 0. The molecule has 0 atom stereocenters. The highest BCUT2D eigenvalue weighted by Gasteiger charge is 2.24. The molecule has 0 aliphatic carbocycles. The van der Waals surface area contributed by atoms with Crippen molar-refractivity contribution >= 4 is 40.2 Å². The minimum absolute atomic E-state index is 0.0618. The Bertz CT molecular complexity index is 1240. The summed E-state index contributed by atoms with van der Waals surface area (Å²) in [5, 5.41) is 23.3. The summed E-state index contributed by atoms with van der Waals surface area (Å²) in [5.41, 5.74) is 1.93. The van der Waals surface area contributed by atoms with Crippen molar-refractivity contribution in [1.82, 2.24) is 10.2 Å². The van der Waals surface area contributed by atoms with E-state index >= 15 is 0 Å². The number of carbonyl (C=O) groups is 2. The lowest BCUT2D eigenvalue weighted by Gasteiger charge is -2.21. The van der Waals surface area contributed by atoms with Gasteiger partial charge in [0.1, 0.15) is 5.60 Å². The van der Waals surface area contributed by atoms with Gasteiger partial charge < -0.3 is 30.3 Å². The van der Waals surface area contributed by atoms with Crippen LogP contribution in [0, 0.1) is 6.92 Å². The summed E-state index contributed by atoms with van der Waals surface area (Å²) in [6.07, 6.45) is -0.690. The molecule has 12 heteroatoms.